The predicted molar refractivity (Wildman–Crippen MR) is 118 cm³/mol. The number of benzene rings is 3. The van der Waals surface area contributed by atoms with Crippen LogP contribution in [0.5, 0.6) is 0 Å². The number of carbonyl (C=O) groups is 2. The molecular formula is C23H18ClN3O4. The summed E-state index contributed by atoms with van der Waals surface area (Å²) in [7, 11) is 0. The van der Waals surface area contributed by atoms with Crippen molar-refractivity contribution in [2.24, 2.45) is 0 Å². The molecule has 0 fully saturated rings. The largest absolute Gasteiger partial charge is 0.322 e. The molecule has 2 amide bonds. The lowest BCUT2D eigenvalue weighted by molar-refractivity contribution is -0.385. The maximum Gasteiger partial charge on any atom is 0.282 e. The number of anilines is 2. The molecule has 1 heterocycles. The van der Waals surface area contributed by atoms with Gasteiger partial charge in [-0.2, -0.15) is 0 Å². The van der Waals surface area contributed by atoms with E-state index >= 15 is 0 Å². The van der Waals surface area contributed by atoms with Crippen LogP contribution in [0.3, 0.4) is 0 Å². The van der Waals surface area contributed by atoms with Gasteiger partial charge < -0.3 is 10.2 Å². The van der Waals surface area contributed by atoms with Crippen LogP contribution in [0.2, 0.25) is 5.02 Å². The highest BCUT2D eigenvalue weighted by Gasteiger charge is 2.25. The van der Waals surface area contributed by atoms with Crippen molar-refractivity contribution in [3.8, 4) is 0 Å². The molecule has 0 bridgehead atoms. The van der Waals surface area contributed by atoms with E-state index < -0.39 is 10.8 Å². The second-order valence-corrected chi connectivity index (χ2v) is 7.61. The maximum atomic E-state index is 12.6. The molecule has 0 saturated carbocycles. The van der Waals surface area contributed by atoms with E-state index in [0.29, 0.717) is 30.1 Å². The summed E-state index contributed by atoms with van der Waals surface area (Å²) in [5, 5.41) is 14.5. The van der Waals surface area contributed by atoms with Gasteiger partial charge in [0, 0.05) is 28.9 Å². The number of fused-ring (bicyclic) bond motifs is 1. The maximum absolute atomic E-state index is 12.6. The first-order chi connectivity index (χ1) is 14.9. The summed E-state index contributed by atoms with van der Waals surface area (Å²) in [4.78, 5) is 37.5. The number of nitro benzene ring substituents is 1. The summed E-state index contributed by atoms with van der Waals surface area (Å²) in [6.07, 6.45) is 0.919. The molecule has 7 nitrogen and oxygen atoms in total. The molecular weight excluding hydrogens is 418 g/mol. The van der Waals surface area contributed by atoms with Gasteiger partial charge in [-0.25, -0.2) is 0 Å². The van der Waals surface area contributed by atoms with Gasteiger partial charge >= 0.3 is 0 Å². The lowest BCUT2D eigenvalue weighted by atomic mass is 9.99. The molecule has 0 aromatic heterocycles. The molecule has 0 unspecified atom stereocenters. The molecule has 156 valence electrons. The highest BCUT2D eigenvalue weighted by atomic mass is 35.5. The van der Waals surface area contributed by atoms with E-state index in [1.807, 2.05) is 18.2 Å². The number of carbonyl (C=O) groups excluding carboxylic acids is 2. The van der Waals surface area contributed by atoms with Crippen LogP contribution in [0, 0.1) is 10.1 Å². The van der Waals surface area contributed by atoms with Gasteiger partial charge in [0.2, 0.25) is 5.91 Å². The van der Waals surface area contributed by atoms with E-state index in [4.69, 9.17) is 11.6 Å². The van der Waals surface area contributed by atoms with Crippen LogP contribution >= 0.6 is 11.6 Å². The third-order valence-electron chi connectivity index (χ3n) is 5.14. The minimum Gasteiger partial charge on any atom is -0.322 e. The lowest BCUT2D eigenvalue weighted by Gasteiger charge is -2.30. The van der Waals surface area contributed by atoms with Crippen LogP contribution in [0.25, 0.3) is 0 Å². The minimum atomic E-state index is -0.581. The van der Waals surface area contributed by atoms with Gasteiger partial charge in [0.25, 0.3) is 11.6 Å². The highest BCUT2D eigenvalue weighted by Crippen LogP contribution is 2.32. The van der Waals surface area contributed by atoms with Gasteiger partial charge in [0.1, 0.15) is 5.56 Å². The fourth-order valence-electron chi connectivity index (χ4n) is 3.61. The fourth-order valence-corrected chi connectivity index (χ4v) is 3.73. The number of nitrogens with zero attached hydrogens (tertiary/aromatic N) is 2. The number of hydrogen-bond acceptors (Lipinski definition) is 4. The van der Waals surface area contributed by atoms with Crippen molar-refractivity contribution in [2.45, 2.75) is 19.4 Å². The Kier molecular flexibility index (Phi) is 5.68. The Balaban J connectivity index is 1.57. The average Bonchev–Trinajstić information content (AvgIpc) is 2.77. The second kappa shape index (κ2) is 8.57. The molecule has 4 rings (SSSR count). The summed E-state index contributed by atoms with van der Waals surface area (Å²) >= 11 is 5.94. The van der Waals surface area contributed by atoms with Crippen LogP contribution < -0.4 is 10.2 Å². The summed E-state index contributed by atoms with van der Waals surface area (Å²) in [6, 6.07) is 18.4. The van der Waals surface area contributed by atoms with Gasteiger partial charge in [0.15, 0.2) is 0 Å². The van der Waals surface area contributed by atoms with E-state index in [1.165, 1.54) is 18.2 Å². The van der Waals surface area contributed by atoms with Crippen molar-refractivity contribution in [2.75, 3.05) is 10.2 Å². The molecule has 8 heteroatoms. The normalized spacial score (nSPS) is 12.9. The zero-order chi connectivity index (χ0) is 22.0. The molecule has 1 N–H and O–H groups in total. The van der Waals surface area contributed by atoms with Crippen LogP contribution in [-0.4, -0.2) is 16.7 Å². The Bertz CT molecular complexity index is 1180. The van der Waals surface area contributed by atoms with Crippen molar-refractivity contribution in [3.63, 3.8) is 0 Å². The quantitative estimate of drug-likeness (QED) is 0.451. The molecule has 31 heavy (non-hydrogen) atoms. The minimum absolute atomic E-state index is 0.00948. The number of nitrogens with one attached hydrogen (secondary N) is 1. The fraction of sp³-hybridized carbons (Fsp3) is 0.130. The van der Waals surface area contributed by atoms with Crippen LogP contribution in [0.4, 0.5) is 17.1 Å². The van der Waals surface area contributed by atoms with E-state index in [1.54, 1.807) is 35.2 Å². The van der Waals surface area contributed by atoms with Gasteiger partial charge in [-0.15, -0.1) is 0 Å². The second-order valence-electron chi connectivity index (χ2n) is 7.18. The smallest absolute Gasteiger partial charge is 0.282 e. The summed E-state index contributed by atoms with van der Waals surface area (Å²) in [6.45, 7) is 0.422. The molecule has 1 aliphatic heterocycles. The summed E-state index contributed by atoms with van der Waals surface area (Å²) < 4.78 is 0. The zero-order valence-corrected chi connectivity index (χ0v) is 17.1. The Morgan fingerprint density at radius 2 is 1.81 bits per heavy atom. The van der Waals surface area contributed by atoms with Crippen LogP contribution in [0.1, 0.15) is 27.9 Å². The lowest BCUT2D eigenvalue weighted by Crippen LogP contribution is -2.34. The monoisotopic (exact) mass is 435 g/mol. The number of hydrogen-bond donors (Lipinski definition) is 1. The summed E-state index contributed by atoms with van der Waals surface area (Å²) in [5.74, 6) is -0.531. The Morgan fingerprint density at radius 1 is 1.06 bits per heavy atom. The molecule has 0 radical (unpaired) electrons. The van der Waals surface area contributed by atoms with Crippen LogP contribution in [-0.2, 0) is 17.8 Å². The number of nitro groups is 1. The third-order valence-corrected chi connectivity index (χ3v) is 5.39. The number of halogens is 1. The van der Waals surface area contributed by atoms with Gasteiger partial charge in [-0.05, 0) is 53.9 Å². The molecule has 0 saturated heterocycles. The first kappa shape index (κ1) is 20.6. The molecule has 3 aromatic rings. The highest BCUT2D eigenvalue weighted by molar-refractivity contribution is 6.30. The molecule has 0 spiro atoms. The topological polar surface area (TPSA) is 92.6 Å². The first-order valence-corrected chi connectivity index (χ1v) is 10.0. The number of rotatable bonds is 5. The Hall–Kier alpha value is -3.71. The number of amides is 2. The molecule has 0 aliphatic carbocycles. The third kappa shape index (κ3) is 4.41. The van der Waals surface area contributed by atoms with Gasteiger partial charge in [-0.3, -0.25) is 19.7 Å². The zero-order valence-electron chi connectivity index (χ0n) is 16.4. The number of para-hydroxylation sites is 1. The van der Waals surface area contributed by atoms with Crippen molar-refractivity contribution in [1.29, 1.82) is 0 Å². The Morgan fingerprint density at radius 3 is 2.55 bits per heavy atom. The van der Waals surface area contributed by atoms with Crippen molar-refractivity contribution < 1.29 is 14.5 Å². The average molecular weight is 436 g/mol. The standard InChI is InChI=1S/C23H18ClN3O4/c24-17-8-5-15(6-9-17)14-26-20-11-10-18(13-16(20)7-12-22(26)28)25-23(29)19-3-1-2-4-21(19)27(30)31/h1-6,8-11,13H,7,12,14H2,(H,25,29). The molecule has 3 aromatic carbocycles. The Labute approximate surface area is 183 Å². The van der Waals surface area contributed by atoms with Gasteiger partial charge in [0.05, 0.1) is 11.5 Å². The summed E-state index contributed by atoms with van der Waals surface area (Å²) in [5.41, 5.74) is 2.92. The van der Waals surface area contributed by atoms with E-state index in [0.717, 1.165) is 16.8 Å². The van der Waals surface area contributed by atoms with Crippen molar-refractivity contribution >= 4 is 40.5 Å². The molecule has 1 aliphatic rings. The van der Waals surface area contributed by atoms with Crippen molar-refractivity contribution in [1.82, 2.24) is 0 Å². The van der Waals surface area contributed by atoms with Crippen molar-refractivity contribution in [3.05, 3.63) is 98.6 Å². The van der Waals surface area contributed by atoms with E-state index in [-0.39, 0.29) is 17.2 Å². The van der Waals surface area contributed by atoms with Gasteiger partial charge in [-0.1, -0.05) is 35.9 Å². The molecule has 0 atom stereocenters. The first-order valence-electron chi connectivity index (χ1n) is 9.65. The van der Waals surface area contributed by atoms with E-state index in [9.17, 15) is 19.7 Å². The van der Waals surface area contributed by atoms with E-state index in [2.05, 4.69) is 5.32 Å². The number of aryl methyl sites for hydroxylation is 1. The predicted octanol–water partition coefficient (Wildman–Crippen LogP) is 4.98. The van der Waals surface area contributed by atoms with Crippen LogP contribution in [0.15, 0.2) is 66.7 Å². The SMILES string of the molecule is O=C(Nc1ccc2c(c1)CCC(=O)N2Cc1ccc(Cl)cc1)c1ccccc1[N+](=O)[O-].